The zero-order chi connectivity index (χ0) is 24.5. The molecular formula is C24H23FN2O3. The van der Waals surface area contributed by atoms with Gasteiger partial charge in [0.1, 0.15) is 12.4 Å². The van der Waals surface area contributed by atoms with Crippen molar-refractivity contribution in [1.29, 1.82) is 0 Å². The summed E-state index contributed by atoms with van der Waals surface area (Å²) >= 11 is 0. The van der Waals surface area contributed by atoms with Crippen LogP contribution in [0.4, 0.5) is 4.39 Å². The molecule has 1 fully saturated rings. The molecule has 0 radical (unpaired) electrons. The van der Waals surface area contributed by atoms with Crippen LogP contribution in [0.1, 0.15) is 36.3 Å². The molecule has 5 rings (SSSR count). The third-order valence-corrected chi connectivity index (χ3v) is 5.20. The van der Waals surface area contributed by atoms with E-state index >= 15 is 4.39 Å². The summed E-state index contributed by atoms with van der Waals surface area (Å²) in [6.07, 6.45) is -0.360. The standard InChI is InChI=1S/C24H23FN2O3/c1-14-9-15-3-4-20(23(25)16(15)10-14)30-19-5-8-27-18-12-22(21(28-2)11-17(18)19)29-13-24(26)6-7-24/h3-5,8,10-12H,6-7,9,13,26H2,1-2H3/i6D2,7D2. The fourth-order valence-corrected chi connectivity index (χ4v) is 3.55. The maximum Gasteiger partial charge on any atom is 0.173 e. The summed E-state index contributed by atoms with van der Waals surface area (Å²) < 4.78 is 63.4. The SMILES string of the molecule is [2H]C1([2H])C([2H])([2H])C1(N)COc1cc2nccc(Oc3ccc4c(c3F)C=C(C)C4)c2cc1OC. The number of methoxy groups -OCH3 is 1. The third kappa shape index (κ3) is 3.37. The first kappa shape index (κ1) is 14.8. The molecular weight excluding hydrogens is 383 g/mol. The first-order valence-corrected chi connectivity index (χ1v) is 9.55. The average molecular weight is 410 g/mol. The van der Waals surface area contributed by atoms with Gasteiger partial charge in [0.2, 0.25) is 0 Å². The minimum Gasteiger partial charge on any atom is -0.493 e. The number of ether oxygens (including phenoxy) is 3. The zero-order valence-electron chi connectivity index (χ0n) is 20.6. The lowest BCUT2D eigenvalue weighted by Crippen LogP contribution is -2.29. The number of nitrogens with two attached hydrogens (primary N) is 1. The molecule has 0 unspecified atom stereocenters. The Morgan fingerprint density at radius 3 is 2.77 bits per heavy atom. The Bertz CT molecular complexity index is 1350. The van der Waals surface area contributed by atoms with Gasteiger partial charge in [-0.05, 0) is 49.9 Å². The zero-order valence-corrected chi connectivity index (χ0v) is 16.6. The van der Waals surface area contributed by atoms with E-state index in [1.807, 2.05) is 19.1 Å². The highest BCUT2D eigenvalue weighted by Gasteiger charge is 2.39. The number of allylic oxidation sites excluding steroid dienone is 1. The molecule has 2 aliphatic rings. The Morgan fingerprint density at radius 2 is 2.00 bits per heavy atom. The maximum absolute atomic E-state index is 15.1. The van der Waals surface area contributed by atoms with Gasteiger partial charge in [-0.3, -0.25) is 4.98 Å². The number of nitrogens with zero attached hydrogens (tertiary/aromatic N) is 1. The smallest absolute Gasteiger partial charge is 0.173 e. The molecule has 6 heteroatoms. The van der Waals surface area contributed by atoms with Crippen molar-refractivity contribution in [3.05, 3.63) is 59.0 Å². The Morgan fingerprint density at radius 1 is 1.17 bits per heavy atom. The molecule has 2 aromatic carbocycles. The van der Waals surface area contributed by atoms with Gasteiger partial charge in [0, 0.05) is 28.7 Å². The molecule has 1 aromatic heterocycles. The van der Waals surface area contributed by atoms with E-state index in [9.17, 15) is 0 Å². The van der Waals surface area contributed by atoms with Crippen LogP contribution in [-0.4, -0.2) is 24.2 Å². The van der Waals surface area contributed by atoms with Crippen molar-refractivity contribution in [1.82, 2.24) is 4.98 Å². The largest absolute Gasteiger partial charge is 0.493 e. The summed E-state index contributed by atoms with van der Waals surface area (Å²) in [7, 11) is 1.44. The van der Waals surface area contributed by atoms with Gasteiger partial charge in [-0.15, -0.1) is 0 Å². The molecule has 0 atom stereocenters. The van der Waals surface area contributed by atoms with Crippen LogP contribution in [0.15, 0.2) is 42.1 Å². The van der Waals surface area contributed by atoms with Crippen LogP contribution in [0.25, 0.3) is 17.0 Å². The van der Waals surface area contributed by atoms with Crippen LogP contribution in [0, 0.1) is 5.82 Å². The van der Waals surface area contributed by atoms with Crippen LogP contribution < -0.4 is 19.9 Å². The highest BCUT2D eigenvalue weighted by Crippen LogP contribution is 2.40. The Hall–Kier alpha value is -3.12. The average Bonchev–Trinajstić information content (AvgIpc) is 3.06. The summed E-state index contributed by atoms with van der Waals surface area (Å²) in [5, 5.41) is 0.554. The molecule has 0 spiro atoms. The van der Waals surface area contributed by atoms with Crippen LogP contribution in [0.3, 0.4) is 0 Å². The van der Waals surface area contributed by atoms with Gasteiger partial charge in [-0.2, -0.15) is 0 Å². The van der Waals surface area contributed by atoms with Gasteiger partial charge in [-0.25, -0.2) is 4.39 Å². The molecule has 2 N–H and O–H groups in total. The van der Waals surface area contributed by atoms with Gasteiger partial charge in [0.15, 0.2) is 23.1 Å². The molecule has 2 aliphatic carbocycles. The molecule has 1 saturated carbocycles. The van der Waals surface area contributed by atoms with Gasteiger partial charge in [0.05, 0.1) is 18.2 Å². The number of aromatic nitrogens is 1. The molecule has 1 heterocycles. The first-order valence-electron chi connectivity index (χ1n) is 11.5. The third-order valence-electron chi connectivity index (χ3n) is 5.20. The normalized spacial score (nSPS) is 21.5. The lowest BCUT2D eigenvalue weighted by molar-refractivity contribution is 0.264. The summed E-state index contributed by atoms with van der Waals surface area (Å²) in [6, 6.07) is 8.29. The predicted octanol–water partition coefficient (Wildman–Crippen LogP) is 5.00. The van der Waals surface area contributed by atoms with E-state index in [1.165, 1.54) is 13.3 Å². The Labute approximate surface area is 179 Å². The fraction of sp³-hybridized carbons (Fsp3) is 0.292. The number of rotatable bonds is 6. The number of halogens is 1. The Balaban J connectivity index is 1.47. The first-order chi connectivity index (χ1) is 16.0. The number of hydrogen-bond donors (Lipinski definition) is 1. The van der Waals surface area contributed by atoms with Gasteiger partial charge in [0.25, 0.3) is 0 Å². The summed E-state index contributed by atoms with van der Waals surface area (Å²) in [6.45, 7) is 1.57. The molecule has 0 aliphatic heterocycles. The molecule has 30 heavy (non-hydrogen) atoms. The second-order valence-corrected chi connectivity index (χ2v) is 7.56. The van der Waals surface area contributed by atoms with Crippen LogP contribution in [0.5, 0.6) is 23.0 Å². The van der Waals surface area contributed by atoms with Crippen LogP contribution in [0.2, 0.25) is 0 Å². The lowest BCUT2D eigenvalue weighted by atomic mass is 10.1. The molecule has 0 amide bonds. The number of fused-ring (bicyclic) bond motifs is 2. The minimum absolute atomic E-state index is 0.0970. The summed E-state index contributed by atoms with van der Waals surface area (Å²) in [5.74, 6) is 0.570. The van der Waals surface area contributed by atoms with Crippen molar-refractivity contribution < 1.29 is 24.1 Å². The molecule has 154 valence electrons. The summed E-state index contributed by atoms with van der Waals surface area (Å²) in [4.78, 5) is 4.33. The second-order valence-electron chi connectivity index (χ2n) is 7.56. The topological polar surface area (TPSA) is 66.6 Å². The fourth-order valence-electron chi connectivity index (χ4n) is 3.55. The van der Waals surface area contributed by atoms with Crippen molar-refractivity contribution in [2.24, 2.45) is 5.73 Å². The van der Waals surface area contributed by atoms with E-state index in [0.717, 1.165) is 17.6 Å². The monoisotopic (exact) mass is 410 g/mol. The highest BCUT2D eigenvalue weighted by atomic mass is 19.1. The number of benzene rings is 2. The van der Waals surface area contributed by atoms with Gasteiger partial charge >= 0.3 is 0 Å². The number of pyridine rings is 1. The van der Waals surface area contributed by atoms with E-state index in [-0.39, 0.29) is 11.5 Å². The Kier molecular flexibility index (Phi) is 3.45. The van der Waals surface area contributed by atoms with E-state index in [1.54, 1.807) is 24.3 Å². The van der Waals surface area contributed by atoms with Crippen molar-refractivity contribution >= 4 is 17.0 Å². The van der Waals surface area contributed by atoms with Crippen molar-refractivity contribution in [3.8, 4) is 23.0 Å². The van der Waals surface area contributed by atoms with Crippen molar-refractivity contribution in [2.75, 3.05) is 13.7 Å². The van der Waals surface area contributed by atoms with Gasteiger partial charge < -0.3 is 19.9 Å². The lowest BCUT2D eigenvalue weighted by Gasteiger charge is -2.16. The highest BCUT2D eigenvalue weighted by molar-refractivity contribution is 5.88. The van der Waals surface area contributed by atoms with E-state index in [4.69, 9.17) is 25.4 Å². The quantitative estimate of drug-likeness (QED) is 0.619. The van der Waals surface area contributed by atoms with E-state index in [2.05, 4.69) is 4.98 Å². The second kappa shape index (κ2) is 6.99. The predicted molar refractivity (Wildman–Crippen MR) is 114 cm³/mol. The molecule has 3 aromatic rings. The van der Waals surface area contributed by atoms with Gasteiger partial charge in [-0.1, -0.05) is 17.7 Å². The van der Waals surface area contributed by atoms with E-state index < -0.39 is 30.7 Å². The van der Waals surface area contributed by atoms with Crippen LogP contribution >= 0.6 is 0 Å². The molecule has 5 nitrogen and oxygen atoms in total. The maximum atomic E-state index is 15.1. The van der Waals surface area contributed by atoms with Crippen molar-refractivity contribution in [2.45, 2.75) is 31.6 Å². The van der Waals surface area contributed by atoms with Crippen LogP contribution in [-0.2, 0) is 6.42 Å². The molecule has 0 bridgehead atoms. The van der Waals surface area contributed by atoms with E-state index in [0.29, 0.717) is 28.0 Å². The van der Waals surface area contributed by atoms with Crippen molar-refractivity contribution in [3.63, 3.8) is 0 Å². The minimum atomic E-state index is -2.21. The number of hydrogen-bond acceptors (Lipinski definition) is 5. The summed E-state index contributed by atoms with van der Waals surface area (Å²) in [5.41, 5.74) is 7.17. The molecule has 0 saturated heterocycles.